The zero-order valence-corrected chi connectivity index (χ0v) is 11.7. The Kier molecular flexibility index (Phi) is 5.57. The van der Waals surface area contributed by atoms with Crippen LogP contribution in [-0.4, -0.2) is 67.9 Å². The molecule has 1 amide bonds. The Balaban J connectivity index is 2.01. The summed E-state index contributed by atoms with van der Waals surface area (Å²) in [5, 5.41) is 17.6. The molecule has 2 aliphatic heterocycles. The molecule has 8 nitrogen and oxygen atoms in total. The second-order valence-corrected chi connectivity index (χ2v) is 5.20. The summed E-state index contributed by atoms with van der Waals surface area (Å²) < 4.78 is 5.37. The van der Waals surface area contributed by atoms with E-state index in [0.717, 1.165) is 25.9 Å². The van der Waals surface area contributed by atoms with Crippen molar-refractivity contribution in [3.8, 4) is 0 Å². The SMILES string of the molecule is N=C(N)N(CC1CCNCC1)N1CCOCC1NC=O. The van der Waals surface area contributed by atoms with Crippen LogP contribution in [-0.2, 0) is 9.53 Å². The third-order valence-corrected chi connectivity index (χ3v) is 3.84. The summed E-state index contributed by atoms with van der Waals surface area (Å²) in [5.41, 5.74) is 5.74. The molecule has 20 heavy (non-hydrogen) atoms. The summed E-state index contributed by atoms with van der Waals surface area (Å²) in [4.78, 5) is 10.7. The standard InChI is InChI=1S/C12H24N6O2/c13-12(14)18(7-10-1-3-15-4-2-10)17-5-6-20-8-11(17)16-9-19/h9-11,15H,1-8H2,(H3,13,14)(H,16,19). The van der Waals surface area contributed by atoms with Crippen molar-refractivity contribution in [1.29, 1.82) is 5.41 Å². The lowest BCUT2D eigenvalue weighted by Crippen LogP contribution is -2.63. The predicted octanol–water partition coefficient (Wildman–Crippen LogP) is -1.50. The van der Waals surface area contributed by atoms with Gasteiger partial charge < -0.3 is 21.1 Å². The molecule has 2 saturated heterocycles. The third-order valence-electron chi connectivity index (χ3n) is 3.84. The molecule has 0 radical (unpaired) electrons. The summed E-state index contributed by atoms with van der Waals surface area (Å²) in [6, 6.07) is 0. The quantitative estimate of drug-likeness (QED) is 0.278. The van der Waals surface area contributed by atoms with Gasteiger partial charge in [0.05, 0.1) is 13.2 Å². The zero-order valence-electron chi connectivity index (χ0n) is 11.7. The number of hydrogen-bond donors (Lipinski definition) is 4. The van der Waals surface area contributed by atoms with Gasteiger partial charge in [-0.1, -0.05) is 0 Å². The Morgan fingerprint density at radius 1 is 1.55 bits per heavy atom. The fourth-order valence-corrected chi connectivity index (χ4v) is 2.75. The fraction of sp³-hybridized carbons (Fsp3) is 0.833. The Hall–Kier alpha value is -1.38. The van der Waals surface area contributed by atoms with E-state index in [-0.39, 0.29) is 12.1 Å². The van der Waals surface area contributed by atoms with E-state index in [4.69, 9.17) is 15.9 Å². The maximum Gasteiger partial charge on any atom is 0.208 e. The monoisotopic (exact) mass is 284 g/mol. The molecule has 0 spiro atoms. The van der Waals surface area contributed by atoms with Crippen molar-refractivity contribution in [3.05, 3.63) is 0 Å². The minimum absolute atomic E-state index is 0.0168. The molecule has 0 saturated carbocycles. The molecule has 114 valence electrons. The van der Waals surface area contributed by atoms with Crippen molar-refractivity contribution in [2.24, 2.45) is 11.7 Å². The van der Waals surface area contributed by atoms with Crippen LogP contribution in [0, 0.1) is 11.3 Å². The molecular formula is C12H24N6O2. The van der Waals surface area contributed by atoms with Gasteiger partial charge in [0.2, 0.25) is 12.4 Å². The van der Waals surface area contributed by atoms with Crippen molar-refractivity contribution in [2.75, 3.05) is 39.4 Å². The first-order valence-corrected chi connectivity index (χ1v) is 7.08. The molecule has 1 unspecified atom stereocenters. The van der Waals surface area contributed by atoms with E-state index < -0.39 is 0 Å². The number of rotatable bonds is 5. The van der Waals surface area contributed by atoms with Gasteiger partial charge in [0.1, 0.15) is 6.17 Å². The van der Waals surface area contributed by atoms with Gasteiger partial charge in [-0.3, -0.25) is 15.2 Å². The van der Waals surface area contributed by atoms with Crippen LogP contribution in [0.1, 0.15) is 12.8 Å². The first kappa shape index (κ1) is 15.0. The van der Waals surface area contributed by atoms with Gasteiger partial charge in [-0.15, -0.1) is 0 Å². The average molecular weight is 284 g/mol. The normalized spacial score (nSPS) is 25.1. The van der Waals surface area contributed by atoms with Crippen LogP contribution in [0.3, 0.4) is 0 Å². The molecular weight excluding hydrogens is 260 g/mol. The Bertz CT molecular complexity index is 334. The van der Waals surface area contributed by atoms with Crippen molar-refractivity contribution in [2.45, 2.75) is 19.0 Å². The second kappa shape index (κ2) is 7.41. The smallest absolute Gasteiger partial charge is 0.208 e. The highest BCUT2D eigenvalue weighted by Gasteiger charge is 2.30. The maximum atomic E-state index is 10.7. The molecule has 0 aromatic carbocycles. The van der Waals surface area contributed by atoms with Gasteiger partial charge in [-0.2, -0.15) is 5.01 Å². The first-order chi connectivity index (χ1) is 9.72. The molecule has 8 heteroatoms. The van der Waals surface area contributed by atoms with Gasteiger partial charge in [0.15, 0.2) is 0 Å². The van der Waals surface area contributed by atoms with Crippen LogP contribution >= 0.6 is 0 Å². The number of amides is 1. The van der Waals surface area contributed by atoms with Gasteiger partial charge in [-0.05, 0) is 31.8 Å². The van der Waals surface area contributed by atoms with Gasteiger partial charge in [0.25, 0.3) is 0 Å². The molecule has 1 atom stereocenters. The Labute approximate surface area is 119 Å². The average Bonchev–Trinajstić information content (AvgIpc) is 2.47. The first-order valence-electron chi connectivity index (χ1n) is 7.08. The molecule has 0 aromatic heterocycles. The molecule has 0 bridgehead atoms. The van der Waals surface area contributed by atoms with Crippen LogP contribution in [0.2, 0.25) is 0 Å². The van der Waals surface area contributed by atoms with Crippen LogP contribution in [0.15, 0.2) is 0 Å². The molecule has 2 fully saturated rings. The zero-order chi connectivity index (χ0) is 14.4. The third kappa shape index (κ3) is 3.81. The molecule has 0 aromatic rings. The van der Waals surface area contributed by atoms with E-state index in [2.05, 4.69) is 10.6 Å². The number of ether oxygens (including phenoxy) is 1. The van der Waals surface area contributed by atoms with Crippen molar-refractivity contribution in [1.82, 2.24) is 20.7 Å². The lowest BCUT2D eigenvalue weighted by Gasteiger charge is -2.44. The number of nitrogens with one attached hydrogen (secondary N) is 3. The number of carbonyl (C=O) groups excluding carboxylic acids is 1. The van der Waals surface area contributed by atoms with Crippen LogP contribution in [0.5, 0.6) is 0 Å². The number of carbonyl (C=O) groups is 1. The van der Waals surface area contributed by atoms with Crippen LogP contribution in [0.4, 0.5) is 0 Å². The Morgan fingerprint density at radius 3 is 2.95 bits per heavy atom. The number of guanidine groups is 1. The summed E-state index contributed by atoms with van der Waals surface area (Å²) in [7, 11) is 0. The minimum Gasteiger partial charge on any atom is -0.376 e. The highest BCUT2D eigenvalue weighted by molar-refractivity contribution is 5.74. The summed E-state index contributed by atoms with van der Waals surface area (Å²) in [6.45, 7) is 4.34. The van der Waals surface area contributed by atoms with E-state index in [0.29, 0.717) is 38.6 Å². The number of nitrogens with two attached hydrogens (primary N) is 1. The van der Waals surface area contributed by atoms with Gasteiger partial charge in [-0.25, -0.2) is 0 Å². The van der Waals surface area contributed by atoms with E-state index in [9.17, 15) is 4.79 Å². The minimum atomic E-state index is -0.258. The van der Waals surface area contributed by atoms with E-state index in [1.165, 1.54) is 0 Å². The molecule has 2 rings (SSSR count). The number of hydrogen-bond acceptors (Lipinski definition) is 5. The van der Waals surface area contributed by atoms with Crippen molar-refractivity contribution >= 4 is 12.4 Å². The summed E-state index contributed by atoms with van der Waals surface area (Å²) in [5.74, 6) is 0.531. The molecule has 0 aliphatic carbocycles. The molecule has 2 aliphatic rings. The van der Waals surface area contributed by atoms with Crippen LogP contribution < -0.4 is 16.4 Å². The van der Waals surface area contributed by atoms with E-state index in [1.807, 2.05) is 5.01 Å². The lowest BCUT2D eigenvalue weighted by atomic mass is 9.98. The second-order valence-electron chi connectivity index (χ2n) is 5.20. The Morgan fingerprint density at radius 2 is 2.30 bits per heavy atom. The predicted molar refractivity (Wildman–Crippen MR) is 74.7 cm³/mol. The van der Waals surface area contributed by atoms with Crippen molar-refractivity contribution < 1.29 is 9.53 Å². The lowest BCUT2D eigenvalue weighted by molar-refractivity contribution is -0.128. The number of piperidine rings is 1. The van der Waals surface area contributed by atoms with E-state index in [1.54, 1.807) is 5.01 Å². The number of nitrogens with zero attached hydrogens (tertiary/aromatic N) is 2. The molecule has 2 heterocycles. The van der Waals surface area contributed by atoms with Crippen molar-refractivity contribution in [3.63, 3.8) is 0 Å². The molecule has 5 N–H and O–H groups in total. The maximum absolute atomic E-state index is 10.7. The summed E-state index contributed by atoms with van der Waals surface area (Å²) >= 11 is 0. The van der Waals surface area contributed by atoms with Crippen LogP contribution in [0.25, 0.3) is 0 Å². The van der Waals surface area contributed by atoms with Gasteiger partial charge >= 0.3 is 0 Å². The number of morpholine rings is 1. The fourth-order valence-electron chi connectivity index (χ4n) is 2.75. The summed E-state index contributed by atoms with van der Waals surface area (Å²) in [6.07, 6.45) is 2.57. The largest absolute Gasteiger partial charge is 0.376 e. The van der Waals surface area contributed by atoms with Gasteiger partial charge in [0, 0.05) is 13.1 Å². The number of hydrazine groups is 1. The topological polar surface area (TPSA) is 107 Å². The van der Waals surface area contributed by atoms with E-state index >= 15 is 0 Å². The highest BCUT2D eigenvalue weighted by Crippen LogP contribution is 2.16. The highest BCUT2D eigenvalue weighted by atomic mass is 16.5.